The molecule has 17 heavy (non-hydrogen) atoms. The first-order chi connectivity index (χ1) is 7.86. The van der Waals surface area contributed by atoms with E-state index < -0.39 is 14.7 Å². The van der Waals surface area contributed by atoms with Gasteiger partial charge < -0.3 is 14.6 Å². The molecule has 0 amide bonds. The summed E-state index contributed by atoms with van der Waals surface area (Å²) in [6.45, 7) is 12.2. The predicted octanol–water partition coefficient (Wildman–Crippen LogP) is 1.99. The number of carbonyl (C=O) groups is 1. The molecule has 2 atom stereocenters. The van der Waals surface area contributed by atoms with Gasteiger partial charge in [-0.05, 0) is 51.9 Å². The molecule has 2 N–H and O–H groups in total. The first-order valence-corrected chi connectivity index (χ1v) is 8.60. The highest BCUT2D eigenvalue weighted by Gasteiger charge is 2.34. The van der Waals surface area contributed by atoms with Gasteiger partial charge in [-0.2, -0.15) is 0 Å². The number of nitrogens with two attached hydrogens (primary N) is 1. The van der Waals surface area contributed by atoms with Crippen molar-refractivity contribution in [1.29, 1.82) is 0 Å². The van der Waals surface area contributed by atoms with Crippen molar-refractivity contribution in [2.75, 3.05) is 13.2 Å². The molecule has 0 saturated carbocycles. The van der Waals surface area contributed by atoms with Gasteiger partial charge in [0.05, 0.1) is 0 Å². The van der Waals surface area contributed by atoms with E-state index in [4.69, 9.17) is 14.6 Å². The Morgan fingerprint density at radius 3 is 2.53 bits per heavy atom. The van der Waals surface area contributed by atoms with Crippen LogP contribution in [0, 0.1) is 0 Å². The number of carbonyl (C=O) groups excluding carboxylic acids is 1. The van der Waals surface area contributed by atoms with Crippen LogP contribution in [-0.2, 0) is 13.6 Å². The van der Waals surface area contributed by atoms with Crippen LogP contribution in [0.15, 0.2) is 12.2 Å². The molecule has 0 saturated heterocycles. The molecule has 0 heterocycles. The van der Waals surface area contributed by atoms with Crippen LogP contribution < -0.4 is 5.73 Å². The first-order valence-electron chi connectivity index (χ1n) is 6.08. The highest BCUT2D eigenvalue weighted by atomic mass is 28.4. The molecule has 5 heteroatoms. The van der Waals surface area contributed by atoms with Crippen LogP contribution in [0.1, 0.15) is 27.2 Å². The monoisotopic (exact) mass is 259 g/mol. The van der Waals surface area contributed by atoms with Crippen LogP contribution in [-0.4, -0.2) is 33.6 Å². The Balaban J connectivity index is 4.51. The summed E-state index contributed by atoms with van der Waals surface area (Å²) in [5.41, 5.74) is 6.02. The molecule has 0 aliphatic rings. The van der Waals surface area contributed by atoms with Gasteiger partial charge in [0.15, 0.2) is 5.78 Å². The number of hydrogen-bond acceptors (Lipinski definition) is 4. The Bertz CT molecular complexity index is 270. The molecule has 0 aromatic heterocycles. The number of rotatable bonds is 9. The Morgan fingerprint density at radius 2 is 2.12 bits per heavy atom. The Morgan fingerprint density at radius 1 is 1.53 bits per heavy atom. The summed E-state index contributed by atoms with van der Waals surface area (Å²) in [5, 5.41) is 0. The van der Waals surface area contributed by atoms with E-state index in [1.54, 1.807) is 13.8 Å². The summed E-state index contributed by atoms with van der Waals surface area (Å²) < 4.78 is 11.6. The van der Waals surface area contributed by atoms with Gasteiger partial charge in [-0.3, -0.25) is 4.79 Å². The predicted molar refractivity (Wildman–Crippen MR) is 72.1 cm³/mol. The summed E-state index contributed by atoms with van der Waals surface area (Å²) in [5.74, 6) is -0.0591. The van der Waals surface area contributed by atoms with Crippen molar-refractivity contribution < 1.29 is 13.6 Å². The normalized spacial score (nSPS) is 16.3. The van der Waals surface area contributed by atoms with Crippen LogP contribution >= 0.6 is 0 Å². The lowest BCUT2D eigenvalue weighted by atomic mass is 10.1. The van der Waals surface area contributed by atoms with Gasteiger partial charge in [0.1, 0.15) is 6.10 Å². The van der Waals surface area contributed by atoms with E-state index in [0.717, 1.165) is 12.5 Å². The molecule has 0 aromatic carbocycles. The molecule has 100 valence electrons. The minimum Gasteiger partial charge on any atom is -0.395 e. The number of ketones is 1. The van der Waals surface area contributed by atoms with Crippen LogP contribution in [0.2, 0.25) is 12.6 Å². The minimum atomic E-state index is -2.28. The Kier molecular flexibility index (Phi) is 7.54. The summed E-state index contributed by atoms with van der Waals surface area (Å²) in [4.78, 5) is 11.7. The Labute approximate surface area is 105 Å². The van der Waals surface area contributed by atoms with Crippen molar-refractivity contribution >= 4 is 14.3 Å². The summed E-state index contributed by atoms with van der Waals surface area (Å²) in [7, 11) is -2.28. The van der Waals surface area contributed by atoms with E-state index in [0.29, 0.717) is 18.7 Å². The van der Waals surface area contributed by atoms with E-state index >= 15 is 0 Å². The third-order valence-corrected chi connectivity index (χ3v) is 5.51. The fourth-order valence-corrected chi connectivity index (χ4v) is 4.31. The van der Waals surface area contributed by atoms with E-state index in [1.165, 1.54) is 0 Å². The maximum Gasteiger partial charge on any atom is 0.335 e. The molecular formula is C12H25NO3Si. The van der Waals surface area contributed by atoms with Crippen LogP contribution in [0.25, 0.3) is 0 Å². The maximum absolute atomic E-state index is 11.7. The van der Waals surface area contributed by atoms with Gasteiger partial charge >= 0.3 is 8.56 Å². The summed E-state index contributed by atoms with van der Waals surface area (Å²) >= 11 is 0. The van der Waals surface area contributed by atoms with Crippen molar-refractivity contribution in [1.82, 2.24) is 0 Å². The molecule has 0 fully saturated rings. The van der Waals surface area contributed by atoms with Gasteiger partial charge in [0, 0.05) is 6.61 Å². The molecular weight excluding hydrogens is 234 g/mol. The molecule has 0 aliphatic heterocycles. The highest BCUT2D eigenvalue weighted by molar-refractivity contribution is 6.66. The average molecular weight is 259 g/mol. The zero-order valence-corrected chi connectivity index (χ0v) is 12.4. The smallest absolute Gasteiger partial charge is 0.335 e. The second-order valence-electron chi connectivity index (χ2n) is 4.36. The molecule has 0 radical (unpaired) electrons. The van der Waals surface area contributed by atoms with E-state index in [-0.39, 0.29) is 5.78 Å². The topological polar surface area (TPSA) is 61.5 Å². The van der Waals surface area contributed by atoms with Crippen molar-refractivity contribution in [3.05, 3.63) is 12.2 Å². The SMILES string of the molecule is C=C(C)C(=O)C(C)O[Si](C)(CCCN)OCC. The zero-order chi connectivity index (χ0) is 13.5. The lowest BCUT2D eigenvalue weighted by Crippen LogP contribution is -2.44. The van der Waals surface area contributed by atoms with E-state index in [2.05, 4.69) is 6.58 Å². The molecule has 4 nitrogen and oxygen atoms in total. The number of hydrogen-bond donors (Lipinski definition) is 1. The molecule has 0 aliphatic carbocycles. The van der Waals surface area contributed by atoms with Crippen molar-refractivity contribution in [2.24, 2.45) is 5.73 Å². The molecule has 0 aromatic rings. The quantitative estimate of drug-likeness (QED) is 0.508. The zero-order valence-electron chi connectivity index (χ0n) is 11.4. The minimum absolute atomic E-state index is 0.0591. The molecule has 2 unspecified atom stereocenters. The van der Waals surface area contributed by atoms with Crippen molar-refractivity contribution in [3.63, 3.8) is 0 Å². The molecule has 0 spiro atoms. The first kappa shape index (κ1) is 16.5. The van der Waals surface area contributed by atoms with Gasteiger partial charge in [0.2, 0.25) is 0 Å². The van der Waals surface area contributed by atoms with Crippen LogP contribution in [0.3, 0.4) is 0 Å². The van der Waals surface area contributed by atoms with Gasteiger partial charge in [-0.25, -0.2) is 0 Å². The lowest BCUT2D eigenvalue weighted by Gasteiger charge is -2.29. The van der Waals surface area contributed by atoms with Crippen molar-refractivity contribution in [3.8, 4) is 0 Å². The standard InChI is InChI=1S/C12H25NO3Si/c1-6-15-17(5,9-7-8-13)16-11(4)12(14)10(2)3/h11H,2,6-9,13H2,1,3-5H3. The summed E-state index contributed by atoms with van der Waals surface area (Å²) in [6.07, 6.45) is 0.380. The van der Waals surface area contributed by atoms with Crippen LogP contribution in [0.4, 0.5) is 0 Å². The lowest BCUT2D eigenvalue weighted by molar-refractivity contribution is -0.122. The second-order valence-corrected chi connectivity index (χ2v) is 7.66. The maximum atomic E-state index is 11.7. The van der Waals surface area contributed by atoms with E-state index in [1.807, 2.05) is 13.5 Å². The van der Waals surface area contributed by atoms with Gasteiger partial charge in [0.25, 0.3) is 0 Å². The summed E-state index contributed by atoms with van der Waals surface area (Å²) in [6, 6.07) is 0.811. The van der Waals surface area contributed by atoms with E-state index in [9.17, 15) is 4.79 Å². The molecule has 0 rings (SSSR count). The van der Waals surface area contributed by atoms with Crippen LogP contribution in [0.5, 0.6) is 0 Å². The third-order valence-electron chi connectivity index (χ3n) is 2.50. The molecule has 0 bridgehead atoms. The third kappa shape index (κ3) is 6.12. The fraction of sp³-hybridized carbons (Fsp3) is 0.750. The highest BCUT2D eigenvalue weighted by Crippen LogP contribution is 2.19. The largest absolute Gasteiger partial charge is 0.395 e. The second kappa shape index (κ2) is 7.76. The fourth-order valence-electron chi connectivity index (χ4n) is 1.67. The van der Waals surface area contributed by atoms with Crippen molar-refractivity contribution in [2.45, 2.75) is 45.9 Å². The number of Topliss-reactive ketones (excluding diaryl/α,β-unsaturated/α-hetero) is 1. The van der Waals surface area contributed by atoms with Gasteiger partial charge in [-0.1, -0.05) is 6.58 Å². The average Bonchev–Trinajstić information content (AvgIpc) is 2.25. The Hall–Kier alpha value is -0.493. The van der Waals surface area contributed by atoms with Gasteiger partial charge in [-0.15, -0.1) is 0 Å².